The summed E-state index contributed by atoms with van der Waals surface area (Å²) in [6.45, 7) is 8.14. The summed E-state index contributed by atoms with van der Waals surface area (Å²) in [6.07, 6.45) is 6.08. The highest BCUT2D eigenvalue weighted by Gasteiger charge is 2.33. The maximum Gasteiger partial charge on any atom is 0.0613 e. The minimum atomic E-state index is 0.0343. The molecule has 2 N–H and O–H groups in total. The third-order valence-corrected chi connectivity index (χ3v) is 3.62. The van der Waals surface area contributed by atoms with Crippen LogP contribution in [-0.4, -0.2) is 23.8 Å². The molecule has 0 radical (unpaired) electrons. The standard InChI is InChI=1S/C13H27NO/c1-11(2)6-8-14-13(10-15)7-4-5-12(3)9-13/h11-12,14-15H,4-10H2,1-3H3. The van der Waals surface area contributed by atoms with Crippen molar-refractivity contribution in [3.8, 4) is 0 Å². The molecule has 90 valence electrons. The Morgan fingerprint density at radius 3 is 2.73 bits per heavy atom. The summed E-state index contributed by atoms with van der Waals surface area (Å²) in [6, 6.07) is 0. The smallest absolute Gasteiger partial charge is 0.0613 e. The number of aliphatic hydroxyl groups is 1. The van der Waals surface area contributed by atoms with Gasteiger partial charge in [-0.1, -0.05) is 33.6 Å². The molecular formula is C13H27NO. The molecule has 1 rings (SSSR count). The summed E-state index contributed by atoms with van der Waals surface area (Å²) in [7, 11) is 0. The van der Waals surface area contributed by atoms with Gasteiger partial charge in [-0.15, -0.1) is 0 Å². The van der Waals surface area contributed by atoms with Crippen LogP contribution in [0.1, 0.15) is 52.9 Å². The lowest BCUT2D eigenvalue weighted by molar-refractivity contribution is 0.0988. The Labute approximate surface area is 94.5 Å². The second-order valence-corrected chi connectivity index (χ2v) is 5.75. The molecule has 0 amide bonds. The second-order valence-electron chi connectivity index (χ2n) is 5.75. The summed E-state index contributed by atoms with van der Waals surface area (Å²) in [5.41, 5.74) is 0.0343. The predicted molar refractivity (Wildman–Crippen MR) is 64.9 cm³/mol. The Hall–Kier alpha value is -0.0800. The van der Waals surface area contributed by atoms with Gasteiger partial charge in [0.25, 0.3) is 0 Å². The van der Waals surface area contributed by atoms with Crippen molar-refractivity contribution in [2.45, 2.75) is 58.4 Å². The highest BCUT2D eigenvalue weighted by molar-refractivity contribution is 4.92. The molecule has 0 saturated heterocycles. The molecule has 0 spiro atoms. The van der Waals surface area contributed by atoms with E-state index >= 15 is 0 Å². The summed E-state index contributed by atoms with van der Waals surface area (Å²) in [5, 5.41) is 13.2. The van der Waals surface area contributed by atoms with Crippen LogP contribution in [0.4, 0.5) is 0 Å². The third-order valence-electron chi connectivity index (χ3n) is 3.62. The number of hydrogen-bond acceptors (Lipinski definition) is 2. The average Bonchev–Trinajstić information content (AvgIpc) is 2.17. The van der Waals surface area contributed by atoms with E-state index in [1.54, 1.807) is 0 Å². The molecule has 2 unspecified atom stereocenters. The van der Waals surface area contributed by atoms with Gasteiger partial charge in [0.2, 0.25) is 0 Å². The van der Waals surface area contributed by atoms with Crippen LogP contribution in [0.5, 0.6) is 0 Å². The van der Waals surface area contributed by atoms with Gasteiger partial charge in [0.1, 0.15) is 0 Å². The highest BCUT2D eigenvalue weighted by atomic mass is 16.3. The molecule has 0 heterocycles. The Bertz CT molecular complexity index is 181. The average molecular weight is 213 g/mol. The largest absolute Gasteiger partial charge is 0.394 e. The van der Waals surface area contributed by atoms with Crippen LogP contribution in [0.3, 0.4) is 0 Å². The van der Waals surface area contributed by atoms with Crippen molar-refractivity contribution < 1.29 is 5.11 Å². The molecule has 0 aromatic carbocycles. The highest BCUT2D eigenvalue weighted by Crippen LogP contribution is 2.31. The summed E-state index contributed by atoms with van der Waals surface area (Å²) in [5.74, 6) is 1.51. The van der Waals surface area contributed by atoms with E-state index in [4.69, 9.17) is 0 Å². The molecule has 2 heteroatoms. The molecular weight excluding hydrogens is 186 g/mol. The molecule has 1 aliphatic rings. The summed E-state index contributed by atoms with van der Waals surface area (Å²) in [4.78, 5) is 0. The molecule has 0 bridgehead atoms. The first-order valence-corrected chi connectivity index (χ1v) is 6.44. The number of rotatable bonds is 5. The number of aliphatic hydroxyl groups excluding tert-OH is 1. The first-order valence-electron chi connectivity index (χ1n) is 6.44. The van der Waals surface area contributed by atoms with E-state index < -0.39 is 0 Å². The molecule has 2 atom stereocenters. The summed E-state index contributed by atoms with van der Waals surface area (Å²) < 4.78 is 0. The molecule has 1 aliphatic carbocycles. The van der Waals surface area contributed by atoms with Crippen molar-refractivity contribution in [1.29, 1.82) is 0 Å². The van der Waals surface area contributed by atoms with Crippen molar-refractivity contribution in [2.75, 3.05) is 13.2 Å². The van der Waals surface area contributed by atoms with Crippen molar-refractivity contribution in [1.82, 2.24) is 5.32 Å². The van der Waals surface area contributed by atoms with E-state index in [2.05, 4.69) is 26.1 Å². The maximum absolute atomic E-state index is 9.56. The van der Waals surface area contributed by atoms with Gasteiger partial charge in [-0.3, -0.25) is 0 Å². The van der Waals surface area contributed by atoms with Gasteiger partial charge in [-0.05, 0) is 37.6 Å². The van der Waals surface area contributed by atoms with E-state index in [0.717, 1.165) is 31.2 Å². The van der Waals surface area contributed by atoms with Gasteiger partial charge in [0.05, 0.1) is 6.61 Å². The van der Waals surface area contributed by atoms with Crippen LogP contribution in [0, 0.1) is 11.8 Å². The fraction of sp³-hybridized carbons (Fsp3) is 1.00. The molecule has 2 nitrogen and oxygen atoms in total. The van der Waals surface area contributed by atoms with Crippen LogP contribution in [0.2, 0.25) is 0 Å². The molecule has 1 fully saturated rings. The molecule has 0 aliphatic heterocycles. The van der Waals surface area contributed by atoms with E-state index in [-0.39, 0.29) is 5.54 Å². The van der Waals surface area contributed by atoms with E-state index in [1.807, 2.05) is 0 Å². The lowest BCUT2D eigenvalue weighted by Crippen LogP contribution is -2.51. The van der Waals surface area contributed by atoms with Crippen molar-refractivity contribution in [3.05, 3.63) is 0 Å². The molecule has 1 saturated carbocycles. The normalized spacial score (nSPS) is 32.2. The maximum atomic E-state index is 9.56. The molecule has 0 aromatic heterocycles. The Balaban J connectivity index is 2.38. The predicted octanol–water partition coefficient (Wildman–Crippen LogP) is 2.56. The Morgan fingerprint density at radius 2 is 2.20 bits per heavy atom. The van der Waals surface area contributed by atoms with E-state index in [1.165, 1.54) is 19.3 Å². The minimum Gasteiger partial charge on any atom is -0.394 e. The van der Waals surface area contributed by atoms with Gasteiger partial charge in [0, 0.05) is 5.54 Å². The van der Waals surface area contributed by atoms with E-state index in [0.29, 0.717) is 6.61 Å². The van der Waals surface area contributed by atoms with Gasteiger partial charge in [-0.25, -0.2) is 0 Å². The fourth-order valence-corrected chi connectivity index (χ4v) is 2.65. The lowest BCUT2D eigenvalue weighted by Gasteiger charge is -2.39. The topological polar surface area (TPSA) is 32.3 Å². The third kappa shape index (κ3) is 4.12. The van der Waals surface area contributed by atoms with Crippen molar-refractivity contribution >= 4 is 0 Å². The van der Waals surface area contributed by atoms with Crippen LogP contribution in [0.15, 0.2) is 0 Å². The zero-order valence-electron chi connectivity index (χ0n) is 10.6. The Kier molecular flexibility index (Phi) is 5.07. The van der Waals surface area contributed by atoms with Crippen LogP contribution in [-0.2, 0) is 0 Å². The quantitative estimate of drug-likeness (QED) is 0.735. The zero-order valence-corrected chi connectivity index (χ0v) is 10.6. The minimum absolute atomic E-state index is 0.0343. The first-order chi connectivity index (χ1) is 7.08. The Morgan fingerprint density at radius 1 is 1.47 bits per heavy atom. The second kappa shape index (κ2) is 5.86. The van der Waals surface area contributed by atoms with Gasteiger partial charge < -0.3 is 10.4 Å². The fourth-order valence-electron chi connectivity index (χ4n) is 2.65. The zero-order chi connectivity index (χ0) is 11.3. The van der Waals surface area contributed by atoms with Gasteiger partial charge >= 0.3 is 0 Å². The van der Waals surface area contributed by atoms with Crippen molar-refractivity contribution in [3.63, 3.8) is 0 Å². The SMILES string of the molecule is CC(C)CCNC1(CO)CCCC(C)C1. The number of hydrogen-bond donors (Lipinski definition) is 2. The van der Waals surface area contributed by atoms with Gasteiger partial charge in [0.15, 0.2) is 0 Å². The molecule has 0 aromatic rings. The van der Waals surface area contributed by atoms with Crippen LogP contribution in [0.25, 0.3) is 0 Å². The first kappa shape index (κ1) is 13.0. The number of nitrogens with one attached hydrogen (secondary N) is 1. The van der Waals surface area contributed by atoms with Crippen molar-refractivity contribution in [2.24, 2.45) is 11.8 Å². The monoisotopic (exact) mass is 213 g/mol. The van der Waals surface area contributed by atoms with E-state index in [9.17, 15) is 5.11 Å². The van der Waals surface area contributed by atoms with Gasteiger partial charge in [-0.2, -0.15) is 0 Å². The summed E-state index contributed by atoms with van der Waals surface area (Å²) >= 11 is 0. The lowest BCUT2D eigenvalue weighted by atomic mass is 9.77. The molecule has 15 heavy (non-hydrogen) atoms. The van der Waals surface area contributed by atoms with Crippen LogP contribution >= 0.6 is 0 Å². The van der Waals surface area contributed by atoms with Crippen LogP contribution < -0.4 is 5.32 Å².